The molecule has 2 aromatic carbocycles. The topological polar surface area (TPSA) is 82.8 Å². The van der Waals surface area contributed by atoms with Gasteiger partial charge in [0.1, 0.15) is 5.76 Å². The second-order valence-corrected chi connectivity index (χ2v) is 8.02. The fourth-order valence-corrected chi connectivity index (χ4v) is 3.95. The number of rotatable bonds is 7. The van der Waals surface area contributed by atoms with Gasteiger partial charge in [0.25, 0.3) is 0 Å². The van der Waals surface area contributed by atoms with Gasteiger partial charge in [-0.15, -0.1) is 10.2 Å². The van der Waals surface area contributed by atoms with Crippen LogP contribution in [0.3, 0.4) is 0 Å². The minimum absolute atomic E-state index is 0.469. The molecule has 0 spiro atoms. The second-order valence-electron chi connectivity index (χ2n) is 6.65. The summed E-state index contributed by atoms with van der Waals surface area (Å²) in [5.74, 6) is 3.09. The van der Waals surface area contributed by atoms with Gasteiger partial charge in [-0.25, -0.2) is 0 Å². The number of benzene rings is 2. The number of halogens is 1. The quantitative estimate of drug-likeness (QED) is 0.300. The van der Waals surface area contributed by atoms with Crippen LogP contribution in [0.1, 0.15) is 11.7 Å². The van der Waals surface area contributed by atoms with Crippen LogP contribution in [0.4, 0.5) is 0 Å². The molecule has 5 aromatic rings. The van der Waals surface area contributed by atoms with Gasteiger partial charge in [-0.3, -0.25) is 4.57 Å². The van der Waals surface area contributed by atoms with E-state index in [1.807, 2.05) is 71.3 Å². The number of hydrogen-bond acceptors (Lipinski definition) is 7. The Morgan fingerprint density at radius 1 is 0.903 bits per heavy atom. The van der Waals surface area contributed by atoms with Crippen molar-refractivity contribution in [2.24, 2.45) is 0 Å². The molecule has 0 saturated heterocycles. The van der Waals surface area contributed by atoms with Crippen molar-refractivity contribution >= 4 is 23.4 Å². The molecule has 31 heavy (non-hydrogen) atoms. The monoisotopic (exact) mass is 449 g/mol. The largest absolute Gasteiger partial charge is 0.467 e. The van der Waals surface area contributed by atoms with Crippen LogP contribution in [0.25, 0.3) is 22.8 Å². The normalized spacial score (nSPS) is 11.1. The standard InChI is InChI=1S/C22H16ClN5O2S/c23-17-10-8-16(9-11-17)21-25-26-22(28(21)13-18-7-4-12-29-18)31-14-19-24-20(27-30-19)15-5-2-1-3-6-15/h1-12H,13-14H2. The molecular formula is C22H16ClN5O2S. The molecule has 5 rings (SSSR count). The molecular weight excluding hydrogens is 434 g/mol. The second kappa shape index (κ2) is 8.79. The van der Waals surface area contributed by atoms with Crippen LogP contribution in [0, 0.1) is 0 Å². The van der Waals surface area contributed by atoms with Crippen molar-refractivity contribution in [1.82, 2.24) is 24.9 Å². The summed E-state index contributed by atoms with van der Waals surface area (Å²) in [5, 5.41) is 14.3. The maximum atomic E-state index is 6.04. The molecule has 0 atom stereocenters. The summed E-state index contributed by atoms with van der Waals surface area (Å²) in [7, 11) is 0. The Labute approximate surface area is 187 Å². The fourth-order valence-electron chi connectivity index (χ4n) is 3.05. The first-order valence-corrected chi connectivity index (χ1v) is 10.8. The molecule has 154 valence electrons. The summed E-state index contributed by atoms with van der Waals surface area (Å²) in [4.78, 5) is 4.49. The molecule has 0 aliphatic carbocycles. The van der Waals surface area contributed by atoms with Crippen molar-refractivity contribution < 1.29 is 8.94 Å². The Morgan fingerprint density at radius 3 is 2.52 bits per heavy atom. The maximum Gasteiger partial charge on any atom is 0.237 e. The number of nitrogens with zero attached hydrogens (tertiary/aromatic N) is 5. The first kappa shape index (κ1) is 19.6. The number of hydrogen-bond donors (Lipinski definition) is 0. The Balaban J connectivity index is 1.40. The Bertz CT molecular complexity index is 1270. The van der Waals surface area contributed by atoms with Gasteiger partial charge in [-0.2, -0.15) is 4.98 Å². The van der Waals surface area contributed by atoms with Crippen molar-refractivity contribution in [2.45, 2.75) is 17.5 Å². The first-order chi connectivity index (χ1) is 15.3. The molecule has 0 unspecified atom stereocenters. The lowest BCUT2D eigenvalue weighted by Crippen LogP contribution is -2.03. The van der Waals surface area contributed by atoms with Crippen LogP contribution < -0.4 is 0 Å². The molecule has 0 amide bonds. The highest BCUT2D eigenvalue weighted by molar-refractivity contribution is 7.98. The maximum absolute atomic E-state index is 6.04. The Kier molecular flexibility index (Phi) is 5.56. The highest BCUT2D eigenvalue weighted by atomic mass is 35.5. The zero-order chi connectivity index (χ0) is 21.0. The van der Waals surface area contributed by atoms with E-state index in [4.69, 9.17) is 20.5 Å². The zero-order valence-electron chi connectivity index (χ0n) is 16.2. The van der Waals surface area contributed by atoms with Crippen molar-refractivity contribution in [1.29, 1.82) is 0 Å². The predicted octanol–water partition coefficient (Wildman–Crippen LogP) is 5.58. The third-order valence-corrected chi connectivity index (χ3v) is 5.74. The van der Waals surface area contributed by atoms with Crippen LogP contribution in [-0.4, -0.2) is 24.9 Å². The molecule has 0 aliphatic heterocycles. The SMILES string of the molecule is Clc1ccc(-c2nnc(SCc3nc(-c4ccccc4)no3)n2Cc2ccco2)cc1. The van der Waals surface area contributed by atoms with Gasteiger partial charge in [0, 0.05) is 16.1 Å². The molecule has 0 bridgehead atoms. The van der Waals surface area contributed by atoms with Crippen molar-refractivity contribution in [3.05, 3.63) is 89.7 Å². The summed E-state index contributed by atoms with van der Waals surface area (Å²) < 4.78 is 13.0. The average Bonchev–Trinajstić information content (AvgIpc) is 3.56. The predicted molar refractivity (Wildman–Crippen MR) is 118 cm³/mol. The van der Waals surface area contributed by atoms with E-state index in [-0.39, 0.29) is 0 Å². The smallest absolute Gasteiger partial charge is 0.237 e. The average molecular weight is 450 g/mol. The third kappa shape index (κ3) is 4.40. The summed E-state index contributed by atoms with van der Waals surface area (Å²) >= 11 is 7.51. The van der Waals surface area contributed by atoms with Gasteiger partial charge >= 0.3 is 0 Å². The van der Waals surface area contributed by atoms with Crippen molar-refractivity contribution in [2.75, 3.05) is 0 Å². The number of thioether (sulfide) groups is 1. The minimum Gasteiger partial charge on any atom is -0.467 e. The summed E-state index contributed by atoms with van der Waals surface area (Å²) in [5.41, 5.74) is 1.83. The van der Waals surface area contributed by atoms with E-state index in [9.17, 15) is 0 Å². The molecule has 0 saturated carbocycles. The minimum atomic E-state index is 0.469. The third-order valence-electron chi connectivity index (χ3n) is 4.54. The molecule has 9 heteroatoms. The number of furan rings is 1. The van der Waals surface area contributed by atoms with Gasteiger partial charge in [-0.05, 0) is 36.4 Å². The molecule has 0 aliphatic rings. The Hall–Kier alpha value is -3.36. The summed E-state index contributed by atoms with van der Waals surface area (Å²) in [6, 6.07) is 21.0. The van der Waals surface area contributed by atoms with Crippen LogP contribution in [0.2, 0.25) is 5.02 Å². The molecule has 0 N–H and O–H groups in total. The highest BCUT2D eigenvalue weighted by Crippen LogP contribution is 2.28. The van der Waals surface area contributed by atoms with Gasteiger partial charge in [0.2, 0.25) is 11.7 Å². The van der Waals surface area contributed by atoms with Gasteiger partial charge < -0.3 is 8.94 Å². The van der Waals surface area contributed by atoms with E-state index >= 15 is 0 Å². The lowest BCUT2D eigenvalue weighted by molar-refractivity contribution is 0.391. The van der Waals surface area contributed by atoms with Crippen LogP contribution in [0.15, 0.2) is 87.1 Å². The van der Waals surface area contributed by atoms with Gasteiger partial charge in [0.15, 0.2) is 11.0 Å². The van der Waals surface area contributed by atoms with Gasteiger partial charge in [0.05, 0.1) is 18.6 Å². The van der Waals surface area contributed by atoms with Crippen molar-refractivity contribution in [3.8, 4) is 22.8 Å². The van der Waals surface area contributed by atoms with Crippen LogP contribution in [-0.2, 0) is 12.3 Å². The molecule has 7 nitrogen and oxygen atoms in total. The first-order valence-electron chi connectivity index (χ1n) is 9.48. The summed E-state index contributed by atoms with van der Waals surface area (Å²) in [6.07, 6.45) is 1.65. The summed E-state index contributed by atoms with van der Waals surface area (Å²) in [6.45, 7) is 0.499. The lowest BCUT2D eigenvalue weighted by atomic mass is 10.2. The van der Waals surface area contributed by atoms with E-state index < -0.39 is 0 Å². The molecule has 0 fully saturated rings. The van der Waals surface area contributed by atoms with E-state index in [1.54, 1.807) is 6.26 Å². The van der Waals surface area contributed by atoms with Crippen LogP contribution in [0.5, 0.6) is 0 Å². The highest BCUT2D eigenvalue weighted by Gasteiger charge is 2.17. The molecule has 3 heterocycles. The van der Waals surface area contributed by atoms with Gasteiger partial charge in [-0.1, -0.05) is 58.9 Å². The van der Waals surface area contributed by atoms with E-state index in [1.165, 1.54) is 11.8 Å². The van der Waals surface area contributed by atoms with E-state index in [0.717, 1.165) is 27.9 Å². The van der Waals surface area contributed by atoms with E-state index in [0.29, 0.717) is 29.0 Å². The van der Waals surface area contributed by atoms with Crippen LogP contribution >= 0.6 is 23.4 Å². The number of aromatic nitrogens is 5. The van der Waals surface area contributed by atoms with Crippen molar-refractivity contribution in [3.63, 3.8) is 0 Å². The van der Waals surface area contributed by atoms with E-state index in [2.05, 4.69) is 20.3 Å². The lowest BCUT2D eigenvalue weighted by Gasteiger charge is -2.08. The molecule has 0 radical (unpaired) electrons. The fraction of sp³-hybridized carbons (Fsp3) is 0.0909. The zero-order valence-corrected chi connectivity index (χ0v) is 17.8. The Morgan fingerprint density at radius 2 is 1.74 bits per heavy atom. The molecule has 3 aromatic heterocycles.